The van der Waals surface area contributed by atoms with Crippen molar-refractivity contribution in [1.29, 1.82) is 5.41 Å². The molecule has 0 aliphatic heterocycles. The monoisotopic (exact) mass is 183 g/mol. The van der Waals surface area contributed by atoms with E-state index in [0.29, 0.717) is 0 Å². The number of amidine groups is 1. The normalized spacial score (nSPS) is 9.62. The van der Waals surface area contributed by atoms with E-state index in [-0.39, 0.29) is 11.3 Å². The first kappa shape index (κ1) is 9.11. The zero-order chi connectivity index (χ0) is 10.0. The Hall–Kier alpha value is -1.98. The van der Waals surface area contributed by atoms with Crippen molar-refractivity contribution in [3.63, 3.8) is 0 Å². The molecule has 0 saturated heterocycles. The van der Waals surface area contributed by atoms with Gasteiger partial charge < -0.3 is 5.73 Å². The van der Waals surface area contributed by atoms with Crippen molar-refractivity contribution in [2.75, 3.05) is 0 Å². The number of nitrogens with zero attached hydrogens (tertiary/aromatic N) is 1. The van der Waals surface area contributed by atoms with Gasteiger partial charge in [-0.1, -0.05) is 0 Å². The van der Waals surface area contributed by atoms with Gasteiger partial charge in [0.05, 0.1) is 10.5 Å². The highest BCUT2D eigenvalue weighted by Crippen LogP contribution is 2.15. The molecule has 13 heavy (non-hydrogen) atoms. The maximum Gasteiger partial charge on any atom is 0.270 e. The van der Waals surface area contributed by atoms with Gasteiger partial charge in [-0.05, 0) is 6.07 Å². The number of rotatable bonds is 2. The van der Waals surface area contributed by atoms with Crippen LogP contribution in [0.4, 0.5) is 10.1 Å². The van der Waals surface area contributed by atoms with Crippen molar-refractivity contribution < 1.29 is 9.31 Å². The van der Waals surface area contributed by atoms with Crippen LogP contribution < -0.4 is 5.73 Å². The molecule has 1 aromatic rings. The zero-order valence-corrected chi connectivity index (χ0v) is 6.45. The van der Waals surface area contributed by atoms with Crippen LogP contribution in [0.5, 0.6) is 0 Å². The van der Waals surface area contributed by atoms with Crippen LogP contribution in [0.3, 0.4) is 0 Å². The van der Waals surface area contributed by atoms with Crippen LogP contribution in [-0.2, 0) is 0 Å². The molecule has 3 N–H and O–H groups in total. The maximum absolute atomic E-state index is 12.8. The quantitative estimate of drug-likeness (QED) is 0.310. The Morgan fingerprint density at radius 1 is 1.62 bits per heavy atom. The highest BCUT2D eigenvalue weighted by atomic mass is 19.1. The predicted octanol–water partition coefficient (Wildman–Crippen LogP) is 1.02. The van der Waals surface area contributed by atoms with Crippen molar-refractivity contribution in [1.82, 2.24) is 0 Å². The lowest BCUT2D eigenvalue weighted by atomic mass is 10.2. The van der Waals surface area contributed by atoms with Crippen LogP contribution in [0.25, 0.3) is 0 Å². The molecule has 0 spiro atoms. The molecule has 0 unspecified atom stereocenters. The van der Waals surface area contributed by atoms with Crippen molar-refractivity contribution in [2.45, 2.75) is 0 Å². The summed E-state index contributed by atoms with van der Waals surface area (Å²) >= 11 is 0. The summed E-state index contributed by atoms with van der Waals surface area (Å²) in [7, 11) is 0. The minimum atomic E-state index is -0.738. The third-order valence-corrected chi connectivity index (χ3v) is 1.45. The molecule has 1 aromatic carbocycles. The molecule has 1 rings (SSSR count). The Morgan fingerprint density at radius 3 is 2.69 bits per heavy atom. The molecule has 0 aromatic heterocycles. The fourth-order valence-corrected chi connectivity index (χ4v) is 0.833. The number of nitrogens with one attached hydrogen (secondary N) is 1. The molecule has 0 aliphatic rings. The highest BCUT2D eigenvalue weighted by Gasteiger charge is 2.11. The Labute approximate surface area is 72.6 Å². The smallest absolute Gasteiger partial charge is 0.270 e. The van der Waals surface area contributed by atoms with Gasteiger partial charge in [0, 0.05) is 12.1 Å². The Kier molecular flexibility index (Phi) is 2.23. The Balaban J connectivity index is 3.27. The number of benzene rings is 1. The second-order valence-corrected chi connectivity index (χ2v) is 2.33. The van der Waals surface area contributed by atoms with E-state index in [9.17, 15) is 14.5 Å². The number of nitrogens with two attached hydrogens (primary N) is 1. The lowest BCUT2D eigenvalue weighted by molar-refractivity contribution is -0.384. The first-order valence-electron chi connectivity index (χ1n) is 3.30. The summed E-state index contributed by atoms with van der Waals surface area (Å²) in [6.45, 7) is 0. The molecule has 0 heterocycles. The van der Waals surface area contributed by atoms with E-state index >= 15 is 0 Å². The first-order valence-corrected chi connectivity index (χ1v) is 3.30. The fourth-order valence-electron chi connectivity index (χ4n) is 0.833. The van der Waals surface area contributed by atoms with Crippen LogP contribution in [0.1, 0.15) is 5.56 Å². The summed E-state index contributed by atoms with van der Waals surface area (Å²) in [4.78, 5) is 9.58. The number of halogens is 1. The molecule has 0 saturated carbocycles. The van der Waals surface area contributed by atoms with Gasteiger partial charge in [0.25, 0.3) is 5.69 Å². The minimum absolute atomic E-state index is 0.255. The number of non-ortho nitro benzene ring substituents is 1. The predicted molar refractivity (Wildman–Crippen MR) is 44.1 cm³/mol. The molecular weight excluding hydrogens is 177 g/mol. The lowest BCUT2D eigenvalue weighted by Crippen LogP contribution is -2.13. The molecular formula is C7H6FN3O2. The molecule has 0 aliphatic carbocycles. The summed E-state index contributed by atoms with van der Waals surface area (Å²) in [6.07, 6.45) is 0. The van der Waals surface area contributed by atoms with Crippen molar-refractivity contribution >= 4 is 11.5 Å². The SMILES string of the molecule is N=C(N)c1cc([N+](=O)[O-])ccc1F. The van der Waals surface area contributed by atoms with Crippen LogP contribution in [-0.4, -0.2) is 10.8 Å². The van der Waals surface area contributed by atoms with Crippen LogP contribution >= 0.6 is 0 Å². The third kappa shape index (κ3) is 1.78. The number of hydrogen-bond acceptors (Lipinski definition) is 3. The Morgan fingerprint density at radius 2 is 2.23 bits per heavy atom. The van der Waals surface area contributed by atoms with Gasteiger partial charge in [-0.2, -0.15) is 0 Å². The summed E-state index contributed by atoms with van der Waals surface area (Å²) in [5, 5.41) is 17.2. The number of nitro groups is 1. The molecule has 5 nitrogen and oxygen atoms in total. The topological polar surface area (TPSA) is 93.0 Å². The number of hydrogen-bond donors (Lipinski definition) is 2. The number of nitro benzene ring substituents is 1. The third-order valence-electron chi connectivity index (χ3n) is 1.45. The van der Waals surface area contributed by atoms with Crippen LogP contribution in [0.15, 0.2) is 18.2 Å². The standard InChI is InChI=1S/C7H6FN3O2/c8-6-2-1-4(11(12)13)3-5(6)7(9)10/h1-3H,(H3,9,10). The highest BCUT2D eigenvalue weighted by molar-refractivity contribution is 5.95. The van der Waals surface area contributed by atoms with E-state index in [2.05, 4.69) is 0 Å². The summed E-state index contributed by atoms with van der Waals surface area (Å²) in [5.74, 6) is -1.26. The van der Waals surface area contributed by atoms with Gasteiger partial charge >= 0.3 is 0 Å². The summed E-state index contributed by atoms with van der Waals surface area (Å²) in [5.41, 5.74) is 4.46. The van der Waals surface area contributed by atoms with Crippen LogP contribution in [0.2, 0.25) is 0 Å². The molecule has 0 atom stereocenters. The van der Waals surface area contributed by atoms with E-state index < -0.39 is 16.6 Å². The minimum Gasteiger partial charge on any atom is -0.384 e. The largest absolute Gasteiger partial charge is 0.384 e. The maximum atomic E-state index is 12.8. The van der Waals surface area contributed by atoms with Crippen LogP contribution in [0, 0.1) is 21.3 Å². The van der Waals surface area contributed by atoms with Crippen molar-refractivity contribution in [3.8, 4) is 0 Å². The zero-order valence-electron chi connectivity index (χ0n) is 6.45. The Bertz CT molecular complexity index is 378. The van der Waals surface area contributed by atoms with Gasteiger partial charge in [0.15, 0.2) is 0 Å². The van der Waals surface area contributed by atoms with Gasteiger partial charge in [-0.25, -0.2) is 4.39 Å². The van der Waals surface area contributed by atoms with E-state index in [1.165, 1.54) is 0 Å². The molecule has 0 amide bonds. The van der Waals surface area contributed by atoms with Gasteiger partial charge in [0.2, 0.25) is 0 Å². The van der Waals surface area contributed by atoms with Gasteiger partial charge in [0.1, 0.15) is 11.7 Å². The molecule has 6 heteroatoms. The second-order valence-electron chi connectivity index (χ2n) is 2.33. The number of nitrogen functional groups attached to an aromatic ring is 1. The molecule has 0 fully saturated rings. The van der Waals surface area contributed by atoms with Crippen molar-refractivity contribution in [2.24, 2.45) is 5.73 Å². The second kappa shape index (κ2) is 3.18. The average Bonchev–Trinajstić information content (AvgIpc) is 2.04. The summed E-state index contributed by atoms with van der Waals surface area (Å²) in [6, 6.07) is 2.86. The van der Waals surface area contributed by atoms with E-state index in [1.54, 1.807) is 0 Å². The van der Waals surface area contributed by atoms with Crippen molar-refractivity contribution in [3.05, 3.63) is 39.7 Å². The fraction of sp³-hybridized carbons (Fsp3) is 0. The van der Waals surface area contributed by atoms with E-state index in [4.69, 9.17) is 11.1 Å². The molecule has 68 valence electrons. The van der Waals surface area contributed by atoms with E-state index in [1.807, 2.05) is 0 Å². The lowest BCUT2D eigenvalue weighted by Gasteiger charge is -1.99. The first-order chi connectivity index (χ1) is 6.02. The molecule has 0 bridgehead atoms. The summed E-state index contributed by atoms with van der Waals surface area (Å²) < 4.78 is 12.8. The van der Waals surface area contributed by atoms with Gasteiger partial charge in [-0.15, -0.1) is 0 Å². The molecule has 0 radical (unpaired) electrons. The average molecular weight is 183 g/mol. The van der Waals surface area contributed by atoms with Gasteiger partial charge in [-0.3, -0.25) is 15.5 Å². The van der Waals surface area contributed by atoms with E-state index in [0.717, 1.165) is 18.2 Å².